The smallest absolute Gasteiger partial charge is 0.228 e. The van der Waals surface area contributed by atoms with Gasteiger partial charge in [-0.2, -0.15) is 20.1 Å². The summed E-state index contributed by atoms with van der Waals surface area (Å²) < 4.78 is 7.83. The molecule has 4 rings (SSSR count). The van der Waals surface area contributed by atoms with Gasteiger partial charge in [-0.1, -0.05) is 12.1 Å². The summed E-state index contributed by atoms with van der Waals surface area (Å²) in [7, 11) is 0. The van der Waals surface area contributed by atoms with Crippen molar-refractivity contribution in [3.63, 3.8) is 0 Å². The third-order valence-corrected chi connectivity index (χ3v) is 4.27. The summed E-state index contributed by atoms with van der Waals surface area (Å²) in [5.74, 6) is 1.22. The highest BCUT2D eigenvalue weighted by atomic mass is 16.5. The Balaban J connectivity index is 1.75. The van der Waals surface area contributed by atoms with Gasteiger partial charge in [0, 0.05) is 24.1 Å². The normalized spacial score (nSPS) is 17.7. The molecule has 0 bridgehead atoms. The van der Waals surface area contributed by atoms with Gasteiger partial charge in [0.15, 0.2) is 12.1 Å². The molecule has 1 aromatic carbocycles. The molecule has 8 nitrogen and oxygen atoms in total. The van der Waals surface area contributed by atoms with Gasteiger partial charge < -0.3 is 15.8 Å². The van der Waals surface area contributed by atoms with E-state index in [-0.39, 0.29) is 12.2 Å². The van der Waals surface area contributed by atoms with E-state index in [0.29, 0.717) is 18.3 Å². The maximum atomic E-state index is 5.88. The molecule has 3 N–H and O–H groups in total. The van der Waals surface area contributed by atoms with Crippen LogP contribution in [-0.4, -0.2) is 37.9 Å². The minimum atomic E-state index is -0.0118. The number of nitrogens with zero attached hydrogens (tertiary/aromatic N) is 5. The maximum Gasteiger partial charge on any atom is 0.228 e. The van der Waals surface area contributed by atoms with E-state index in [2.05, 4.69) is 25.4 Å². The molecule has 1 fully saturated rings. The fraction of sp³-hybridized carbons (Fsp3) is 0.412. The van der Waals surface area contributed by atoms with Crippen LogP contribution in [0, 0.1) is 0 Å². The van der Waals surface area contributed by atoms with Crippen LogP contribution in [0.1, 0.15) is 32.4 Å². The van der Waals surface area contributed by atoms with Crippen molar-refractivity contribution in [2.75, 3.05) is 24.2 Å². The lowest BCUT2D eigenvalue weighted by Crippen LogP contribution is -2.18. The average molecular weight is 339 g/mol. The minimum absolute atomic E-state index is 0.0118. The van der Waals surface area contributed by atoms with Crippen molar-refractivity contribution in [1.29, 1.82) is 0 Å². The van der Waals surface area contributed by atoms with Crippen molar-refractivity contribution in [2.45, 2.75) is 32.4 Å². The van der Waals surface area contributed by atoms with Crippen LogP contribution in [-0.2, 0) is 4.74 Å². The number of nitrogen functional groups attached to an aromatic ring is 1. The molecule has 0 saturated carbocycles. The highest BCUT2D eigenvalue weighted by molar-refractivity contribution is 5.83. The highest BCUT2D eigenvalue weighted by Crippen LogP contribution is 2.28. The Bertz CT molecular complexity index is 886. The fourth-order valence-corrected chi connectivity index (χ4v) is 3.08. The minimum Gasteiger partial charge on any atom is -0.368 e. The van der Waals surface area contributed by atoms with E-state index in [1.165, 1.54) is 0 Å². The lowest BCUT2D eigenvalue weighted by molar-refractivity contribution is -0.0366. The predicted octanol–water partition coefficient (Wildman–Crippen LogP) is 2.60. The zero-order chi connectivity index (χ0) is 17.2. The number of nitrogens with one attached hydrogen (secondary N) is 1. The summed E-state index contributed by atoms with van der Waals surface area (Å²) in [5.41, 5.74) is 7.71. The summed E-state index contributed by atoms with van der Waals surface area (Å²) in [6.07, 6.45) is 5.09. The number of hydrogen-bond donors (Lipinski definition) is 2. The largest absolute Gasteiger partial charge is 0.368 e. The van der Waals surface area contributed by atoms with Gasteiger partial charge in [0.05, 0.1) is 11.7 Å². The Morgan fingerprint density at radius 3 is 3.00 bits per heavy atom. The molecule has 8 heteroatoms. The molecule has 1 saturated heterocycles. The van der Waals surface area contributed by atoms with Crippen molar-refractivity contribution in [1.82, 2.24) is 24.7 Å². The van der Waals surface area contributed by atoms with Crippen molar-refractivity contribution < 1.29 is 4.74 Å². The van der Waals surface area contributed by atoms with Crippen LogP contribution < -0.4 is 11.1 Å². The Hall–Kier alpha value is -2.74. The number of fused-ring (bicyclic) bond motifs is 1. The van der Waals surface area contributed by atoms with Crippen LogP contribution in [0.15, 0.2) is 24.4 Å². The van der Waals surface area contributed by atoms with E-state index in [9.17, 15) is 0 Å². The lowest BCUT2D eigenvalue weighted by atomic mass is 10.1. The lowest BCUT2D eigenvalue weighted by Gasteiger charge is -2.23. The molecule has 1 unspecified atom stereocenters. The Kier molecular flexibility index (Phi) is 4.19. The van der Waals surface area contributed by atoms with Gasteiger partial charge in [0.2, 0.25) is 11.9 Å². The Morgan fingerprint density at radius 2 is 2.20 bits per heavy atom. The summed E-state index contributed by atoms with van der Waals surface area (Å²) in [6.45, 7) is 3.48. The fourth-order valence-electron chi connectivity index (χ4n) is 3.08. The van der Waals surface area contributed by atoms with Gasteiger partial charge in [-0.25, -0.2) is 4.68 Å². The molecular weight excluding hydrogens is 318 g/mol. The van der Waals surface area contributed by atoms with Gasteiger partial charge >= 0.3 is 0 Å². The van der Waals surface area contributed by atoms with Gasteiger partial charge in [-0.3, -0.25) is 0 Å². The average Bonchev–Trinajstić information content (AvgIpc) is 3.05. The molecule has 1 atom stereocenters. The van der Waals surface area contributed by atoms with E-state index >= 15 is 0 Å². The van der Waals surface area contributed by atoms with Crippen molar-refractivity contribution >= 4 is 22.8 Å². The van der Waals surface area contributed by atoms with Crippen LogP contribution in [0.2, 0.25) is 0 Å². The van der Waals surface area contributed by atoms with Crippen molar-refractivity contribution in [3.8, 4) is 11.4 Å². The van der Waals surface area contributed by atoms with Gasteiger partial charge in [-0.05, 0) is 32.3 Å². The molecule has 1 aliphatic rings. The molecular formula is C17H21N7O. The van der Waals surface area contributed by atoms with E-state index in [1.54, 1.807) is 0 Å². The standard InChI is InChI=1S/C17H21N7O/c1-2-19-17-22-15(21-16(18)23-17)11-6-7-12-10-20-24(13(12)9-11)14-5-3-4-8-25-14/h6-7,9-10,14H,2-5,8H2,1H3,(H3,18,19,21,22,23). The molecule has 130 valence electrons. The van der Waals surface area contributed by atoms with E-state index < -0.39 is 0 Å². The Morgan fingerprint density at radius 1 is 1.28 bits per heavy atom. The van der Waals surface area contributed by atoms with Crippen LogP contribution >= 0.6 is 0 Å². The summed E-state index contributed by atoms with van der Waals surface area (Å²) in [6, 6.07) is 6.02. The maximum absolute atomic E-state index is 5.88. The van der Waals surface area contributed by atoms with Gasteiger partial charge in [0.25, 0.3) is 0 Å². The second-order valence-electron chi connectivity index (χ2n) is 6.06. The zero-order valence-corrected chi connectivity index (χ0v) is 14.1. The van der Waals surface area contributed by atoms with Crippen LogP contribution in [0.25, 0.3) is 22.3 Å². The first-order valence-electron chi connectivity index (χ1n) is 8.59. The number of ether oxygens (including phenoxy) is 1. The number of anilines is 2. The number of benzene rings is 1. The highest BCUT2D eigenvalue weighted by Gasteiger charge is 2.19. The number of rotatable bonds is 4. The summed E-state index contributed by atoms with van der Waals surface area (Å²) in [4.78, 5) is 12.8. The van der Waals surface area contributed by atoms with Gasteiger partial charge in [-0.15, -0.1) is 0 Å². The summed E-state index contributed by atoms with van der Waals surface area (Å²) >= 11 is 0. The SMILES string of the molecule is CCNc1nc(N)nc(-c2ccc3cnn(C4CCCCO4)c3c2)n1. The van der Waals surface area contributed by atoms with E-state index in [0.717, 1.165) is 42.3 Å². The van der Waals surface area contributed by atoms with Crippen LogP contribution in [0.5, 0.6) is 0 Å². The zero-order valence-electron chi connectivity index (χ0n) is 14.1. The van der Waals surface area contributed by atoms with Gasteiger partial charge in [0.1, 0.15) is 0 Å². The van der Waals surface area contributed by atoms with Crippen molar-refractivity contribution in [2.24, 2.45) is 0 Å². The molecule has 0 amide bonds. The number of hydrogen-bond acceptors (Lipinski definition) is 7. The molecule has 0 aliphatic carbocycles. The van der Waals surface area contributed by atoms with E-state index in [4.69, 9.17) is 10.5 Å². The number of aromatic nitrogens is 5. The Labute approximate surface area is 145 Å². The van der Waals surface area contributed by atoms with Crippen LogP contribution in [0.3, 0.4) is 0 Å². The third kappa shape index (κ3) is 3.12. The molecule has 1 aliphatic heterocycles. The van der Waals surface area contributed by atoms with E-state index in [1.807, 2.05) is 36.0 Å². The molecule has 0 spiro atoms. The molecule has 3 heterocycles. The topological polar surface area (TPSA) is 104 Å². The third-order valence-electron chi connectivity index (χ3n) is 4.27. The molecule has 2 aromatic heterocycles. The first kappa shape index (κ1) is 15.8. The molecule has 3 aromatic rings. The predicted molar refractivity (Wildman–Crippen MR) is 96.0 cm³/mol. The van der Waals surface area contributed by atoms with Crippen molar-refractivity contribution in [3.05, 3.63) is 24.4 Å². The molecule has 0 radical (unpaired) electrons. The van der Waals surface area contributed by atoms with Crippen LogP contribution in [0.4, 0.5) is 11.9 Å². The monoisotopic (exact) mass is 339 g/mol. The second kappa shape index (κ2) is 6.64. The second-order valence-corrected chi connectivity index (χ2v) is 6.06. The molecule has 25 heavy (non-hydrogen) atoms. The summed E-state index contributed by atoms with van der Waals surface area (Å²) in [5, 5.41) is 8.66. The number of nitrogens with two attached hydrogens (primary N) is 1. The first-order valence-corrected chi connectivity index (χ1v) is 8.59. The quantitative estimate of drug-likeness (QED) is 0.753. The first-order chi connectivity index (χ1) is 12.2.